The fraction of sp³-hybridized carbons (Fsp3) is 0.706. The fourth-order valence-electron chi connectivity index (χ4n) is 2.77. The predicted octanol–water partition coefficient (Wildman–Crippen LogP) is 2.64. The van der Waals surface area contributed by atoms with Gasteiger partial charge in [0.15, 0.2) is 0 Å². The highest BCUT2D eigenvalue weighted by Crippen LogP contribution is 2.11. The van der Waals surface area contributed by atoms with Crippen molar-refractivity contribution in [1.82, 2.24) is 14.8 Å². The van der Waals surface area contributed by atoms with Gasteiger partial charge in [-0.25, -0.2) is 0 Å². The lowest BCUT2D eigenvalue weighted by molar-refractivity contribution is -0.131. The molecular formula is C17H29N3O. The minimum Gasteiger partial charge on any atom is -0.345 e. The van der Waals surface area contributed by atoms with Crippen LogP contribution in [0.2, 0.25) is 0 Å². The largest absolute Gasteiger partial charge is 0.345 e. The van der Waals surface area contributed by atoms with Gasteiger partial charge >= 0.3 is 0 Å². The molecule has 2 rings (SSSR count). The van der Waals surface area contributed by atoms with Crippen LogP contribution in [-0.2, 0) is 17.9 Å². The molecule has 1 saturated heterocycles. The second-order valence-electron chi connectivity index (χ2n) is 6.51. The molecule has 0 radical (unpaired) electrons. The van der Waals surface area contributed by atoms with Gasteiger partial charge in [-0.2, -0.15) is 0 Å². The summed E-state index contributed by atoms with van der Waals surface area (Å²) >= 11 is 0. The molecule has 0 atom stereocenters. The van der Waals surface area contributed by atoms with Crippen molar-refractivity contribution in [1.29, 1.82) is 0 Å². The summed E-state index contributed by atoms with van der Waals surface area (Å²) in [5.74, 6) is 0.922. The maximum Gasteiger partial charge on any atom is 0.242 e. The molecule has 4 nitrogen and oxygen atoms in total. The summed E-state index contributed by atoms with van der Waals surface area (Å²) in [6.45, 7) is 8.66. The Morgan fingerprint density at radius 1 is 1.24 bits per heavy atom. The zero-order chi connectivity index (χ0) is 15.1. The molecule has 1 aliphatic rings. The standard InChI is InChI=1S/C17H29N3O/c1-15(2)11-18-12-16-7-10-19(13-16)14-17(21)20-8-5-3-4-6-9-20/h7,10,13,15,18H,3-6,8-9,11-12,14H2,1-2H3. The van der Waals surface area contributed by atoms with Crippen molar-refractivity contribution in [2.24, 2.45) is 5.92 Å². The lowest BCUT2D eigenvalue weighted by atomic mass is 10.2. The van der Waals surface area contributed by atoms with Gasteiger partial charge in [0.05, 0.1) is 0 Å². The van der Waals surface area contributed by atoms with E-state index in [-0.39, 0.29) is 5.91 Å². The fourth-order valence-corrected chi connectivity index (χ4v) is 2.77. The van der Waals surface area contributed by atoms with Crippen LogP contribution < -0.4 is 5.32 Å². The van der Waals surface area contributed by atoms with E-state index in [4.69, 9.17) is 0 Å². The Hall–Kier alpha value is -1.29. The van der Waals surface area contributed by atoms with Crippen molar-refractivity contribution >= 4 is 5.91 Å². The van der Waals surface area contributed by atoms with Crippen LogP contribution in [0.15, 0.2) is 18.5 Å². The number of carbonyl (C=O) groups excluding carboxylic acids is 1. The second kappa shape index (κ2) is 8.23. The molecule has 0 spiro atoms. The van der Waals surface area contributed by atoms with Gasteiger partial charge in [0.25, 0.3) is 0 Å². The van der Waals surface area contributed by atoms with Crippen molar-refractivity contribution in [2.75, 3.05) is 19.6 Å². The molecular weight excluding hydrogens is 262 g/mol. The number of hydrogen-bond donors (Lipinski definition) is 1. The molecule has 1 N–H and O–H groups in total. The summed E-state index contributed by atoms with van der Waals surface area (Å²) in [7, 11) is 0. The Balaban J connectivity index is 1.79. The van der Waals surface area contributed by atoms with Crippen molar-refractivity contribution in [3.63, 3.8) is 0 Å². The zero-order valence-electron chi connectivity index (χ0n) is 13.5. The van der Waals surface area contributed by atoms with E-state index in [1.165, 1.54) is 18.4 Å². The highest BCUT2D eigenvalue weighted by atomic mass is 16.2. The summed E-state index contributed by atoms with van der Waals surface area (Å²) < 4.78 is 2.01. The topological polar surface area (TPSA) is 37.3 Å². The van der Waals surface area contributed by atoms with Gasteiger partial charge in [-0.15, -0.1) is 0 Å². The van der Waals surface area contributed by atoms with Crippen molar-refractivity contribution in [3.05, 3.63) is 24.0 Å². The van der Waals surface area contributed by atoms with Gasteiger partial charge in [-0.3, -0.25) is 4.79 Å². The van der Waals surface area contributed by atoms with Crippen LogP contribution in [-0.4, -0.2) is 35.0 Å². The van der Waals surface area contributed by atoms with E-state index in [9.17, 15) is 4.79 Å². The lowest BCUT2D eigenvalue weighted by Crippen LogP contribution is -2.34. The maximum absolute atomic E-state index is 12.3. The molecule has 1 fully saturated rings. The quantitative estimate of drug-likeness (QED) is 0.875. The van der Waals surface area contributed by atoms with Crippen LogP contribution in [0.1, 0.15) is 45.1 Å². The van der Waals surface area contributed by atoms with E-state index in [0.29, 0.717) is 12.5 Å². The van der Waals surface area contributed by atoms with Crippen LogP contribution in [0.3, 0.4) is 0 Å². The third-order valence-corrected chi connectivity index (χ3v) is 3.97. The summed E-state index contributed by atoms with van der Waals surface area (Å²) in [6.07, 6.45) is 8.94. The van der Waals surface area contributed by atoms with Crippen molar-refractivity contribution in [2.45, 2.75) is 52.6 Å². The van der Waals surface area contributed by atoms with Crippen LogP contribution in [0, 0.1) is 5.92 Å². The molecule has 0 bridgehead atoms. The number of hydrogen-bond acceptors (Lipinski definition) is 2. The van der Waals surface area contributed by atoms with Crippen LogP contribution in [0.4, 0.5) is 0 Å². The van der Waals surface area contributed by atoms with E-state index < -0.39 is 0 Å². The van der Waals surface area contributed by atoms with Crippen molar-refractivity contribution < 1.29 is 4.79 Å². The highest BCUT2D eigenvalue weighted by molar-refractivity contribution is 5.76. The maximum atomic E-state index is 12.3. The average molecular weight is 291 g/mol. The highest BCUT2D eigenvalue weighted by Gasteiger charge is 2.15. The van der Waals surface area contributed by atoms with Gasteiger partial charge in [-0.05, 0) is 36.9 Å². The molecule has 0 aromatic carbocycles. The van der Waals surface area contributed by atoms with Crippen LogP contribution >= 0.6 is 0 Å². The Labute approximate surface area is 128 Å². The molecule has 1 aromatic rings. The molecule has 0 saturated carbocycles. The molecule has 1 amide bonds. The lowest BCUT2D eigenvalue weighted by Gasteiger charge is -2.20. The molecule has 0 unspecified atom stereocenters. The minimum atomic E-state index is 0.259. The molecule has 1 aromatic heterocycles. The van der Waals surface area contributed by atoms with E-state index in [0.717, 1.165) is 39.0 Å². The van der Waals surface area contributed by atoms with Crippen molar-refractivity contribution in [3.8, 4) is 0 Å². The van der Waals surface area contributed by atoms with Gasteiger partial charge in [0.1, 0.15) is 6.54 Å². The predicted molar refractivity (Wildman–Crippen MR) is 86.0 cm³/mol. The van der Waals surface area contributed by atoms with Gasteiger partial charge in [0, 0.05) is 32.0 Å². The third-order valence-electron chi connectivity index (χ3n) is 3.97. The SMILES string of the molecule is CC(C)CNCc1ccn(CC(=O)N2CCCCCC2)c1. The third kappa shape index (κ3) is 5.54. The smallest absolute Gasteiger partial charge is 0.242 e. The molecule has 0 aliphatic carbocycles. The number of amides is 1. The van der Waals surface area contributed by atoms with E-state index in [1.807, 2.05) is 15.7 Å². The Kier molecular flexibility index (Phi) is 6.30. The second-order valence-corrected chi connectivity index (χ2v) is 6.51. The molecule has 118 valence electrons. The molecule has 2 heterocycles. The molecule has 1 aliphatic heterocycles. The Morgan fingerprint density at radius 3 is 2.62 bits per heavy atom. The zero-order valence-corrected chi connectivity index (χ0v) is 13.5. The van der Waals surface area contributed by atoms with Crippen LogP contribution in [0.5, 0.6) is 0 Å². The summed E-state index contributed by atoms with van der Waals surface area (Å²) in [4.78, 5) is 14.4. The van der Waals surface area contributed by atoms with Gasteiger partial charge in [-0.1, -0.05) is 26.7 Å². The summed E-state index contributed by atoms with van der Waals surface area (Å²) in [5.41, 5.74) is 1.25. The summed E-state index contributed by atoms with van der Waals surface area (Å²) in [5, 5.41) is 3.43. The summed E-state index contributed by atoms with van der Waals surface area (Å²) in [6, 6.07) is 2.10. The number of aromatic nitrogens is 1. The number of carbonyl (C=O) groups is 1. The average Bonchev–Trinajstić information content (AvgIpc) is 2.72. The Bertz CT molecular complexity index is 431. The number of nitrogens with one attached hydrogen (secondary N) is 1. The van der Waals surface area contributed by atoms with Crippen LogP contribution in [0.25, 0.3) is 0 Å². The minimum absolute atomic E-state index is 0.259. The monoisotopic (exact) mass is 291 g/mol. The van der Waals surface area contributed by atoms with E-state index in [2.05, 4.69) is 31.4 Å². The van der Waals surface area contributed by atoms with Gasteiger partial charge in [0.2, 0.25) is 5.91 Å². The first-order valence-electron chi connectivity index (χ1n) is 8.28. The molecule has 4 heteroatoms. The Morgan fingerprint density at radius 2 is 1.95 bits per heavy atom. The van der Waals surface area contributed by atoms with E-state index >= 15 is 0 Å². The van der Waals surface area contributed by atoms with E-state index in [1.54, 1.807) is 0 Å². The number of likely N-dealkylation sites (tertiary alicyclic amines) is 1. The van der Waals surface area contributed by atoms with Gasteiger partial charge < -0.3 is 14.8 Å². The number of nitrogens with zero attached hydrogens (tertiary/aromatic N) is 2. The first kappa shape index (κ1) is 16.1. The molecule has 21 heavy (non-hydrogen) atoms. The first-order chi connectivity index (χ1) is 10.1. The first-order valence-corrected chi connectivity index (χ1v) is 8.28. The number of rotatable bonds is 6. The normalized spacial score (nSPS) is 16.2.